The van der Waals surface area contributed by atoms with Crippen molar-refractivity contribution in [1.29, 1.82) is 0 Å². The predicted molar refractivity (Wildman–Crippen MR) is 70.3 cm³/mol. The number of aromatic nitrogens is 2. The Morgan fingerprint density at radius 1 is 1.63 bits per heavy atom. The summed E-state index contributed by atoms with van der Waals surface area (Å²) in [5.41, 5.74) is 0.257. The quantitative estimate of drug-likeness (QED) is 0.646. The molecule has 104 valence electrons. The lowest BCUT2D eigenvalue weighted by atomic mass is 10.2. The highest BCUT2D eigenvalue weighted by molar-refractivity contribution is 6.28. The number of carbonyl (C=O) groups excluding carboxylic acids is 1. The van der Waals surface area contributed by atoms with Crippen molar-refractivity contribution in [2.75, 3.05) is 11.9 Å². The molecule has 6 nitrogen and oxygen atoms in total. The highest BCUT2D eigenvalue weighted by Gasteiger charge is 2.25. The van der Waals surface area contributed by atoms with E-state index in [4.69, 9.17) is 16.3 Å². The van der Waals surface area contributed by atoms with E-state index in [1.54, 1.807) is 6.92 Å². The standard InChI is InChI=1S/C12H16ClN3O3/c1-2-19-11(18)9-6-14-12(13)16-10(9)15-7-3-4-8(17)5-7/h6-8,17H,2-5H2,1H3,(H,14,15,16). The van der Waals surface area contributed by atoms with E-state index in [2.05, 4.69) is 15.3 Å². The first-order chi connectivity index (χ1) is 9.10. The summed E-state index contributed by atoms with van der Waals surface area (Å²) in [6.45, 7) is 2.01. The van der Waals surface area contributed by atoms with Crippen molar-refractivity contribution in [2.45, 2.75) is 38.3 Å². The minimum absolute atomic E-state index is 0.0640. The molecule has 1 aliphatic rings. The lowest BCUT2D eigenvalue weighted by molar-refractivity contribution is 0.0526. The molecule has 2 rings (SSSR count). The van der Waals surface area contributed by atoms with Crippen LogP contribution in [0.15, 0.2) is 6.20 Å². The van der Waals surface area contributed by atoms with Crippen molar-refractivity contribution in [1.82, 2.24) is 9.97 Å². The van der Waals surface area contributed by atoms with E-state index >= 15 is 0 Å². The first kappa shape index (κ1) is 14.0. The van der Waals surface area contributed by atoms with Crippen molar-refractivity contribution >= 4 is 23.4 Å². The summed E-state index contributed by atoms with van der Waals surface area (Å²) in [5, 5.41) is 12.7. The third-order valence-electron chi connectivity index (χ3n) is 3.00. The highest BCUT2D eigenvalue weighted by atomic mass is 35.5. The van der Waals surface area contributed by atoms with Crippen LogP contribution in [0.1, 0.15) is 36.5 Å². The lowest BCUT2D eigenvalue weighted by Crippen LogP contribution is -2.20. The van der Waals surface area contributed by atoms with E-state index in [1.165, 1.54) is 6.20 Å². The molecule has 19 heavy (non-hydrogen) atoms. The van der Waals surface area contributed by atoms with E-state index in [9.17, 15) is 9.90 Å². The molecule has 0 bridgehead atoms. The van der Waals surface area contributed by atoms with Crippen molar-refractivity contribution in [3.63, 3.8) is 0 Å². The number of rotatable bonds is 4. The molecule has 0 saturated heterocycles. The largest absolute Gasteiger partial charge is 0.462 e. The Kier molecular flexibility index (Phi) is 4.55. The van der Waals surface area contributed by atoms with Gasteiger partial charge in [-0.2, -0.15) is 4.98 Å². The Labute approximate surface area is 116 Å². The van der Waals surface area contributed by atoms with Crippen LogP contribution in [-0.2, 0) is 4.74 Å². The maximum absolute atomic E-state index is 11.8. The smallest absolute Gasteiger partial charge is 0.343 e. The maximum atomic E-state index is 11.8. The molecule has 0 spiro atoms. The minimum Gasteiger partial charge on any atom is -0.462 e. The molecular weight excluding hydrogens is 270 g/mol. The molecule has 2 atom stereocenters. The Morgan fingerprint density at radius 3 is 3.05 bits per heavy atom. The molecule has 1 aromatic heterocycles. The Morgan fingerprint density at radius 2 is 2.42 bits per heavy atom. The van der Waals surface area contributed by atoms with Gasteiger partial charge in [-0.25, -0.2) is 9.78 Å². The number of hydrogen-bond acceptors (Lipinski definition) is 6. The van der Waals surface area contributed by atoms with Crippen LogP contribution in [0, 0.1) is 0 Å². The van der Waals surface area contributed by atoms with Gasteiger partial charge in [0.25, 0.3) is 0 Å². The molecule has 0 aliphatic heterocycles. The number of aliphatic hydroxyl groups is 1. The molecule has 1 aromatic rings. The Balaban J connectivity index is 2.17. The number of carbonyl (C=O) groups is 1. The minimum atomic E-state index is -0.486. The molecular formula is C12H16ClN3O3. The van der Waals surface area contributed by atoms with Gasteiger partial charge in [0.1, 0.15) is 11.4 Å². The molecule has 1 aliphatic carbocycles. The van der Waals surface area contributed by atoms with Crippen molar-refractivity contribution < 1.29 is 14.6 Å². The normalized spacial score (nSPS) is 22.3. The number of halogens is 1. The van der Waals surface area contributed by atoms with Crippen LogP contribution in [0.4, 0.5) is 5.82 Å². The zero-order valence-electron chi connectivity index (χ0n) is 10.6. The van der Waals surface area contributed by atoms with Crippen LogP contribution in [-0.4, -0.2) is 39.8 Å². The van der Waals surface area contributed by atoms with E-state index < -0.39 is 5.97 Å². The van der Waals surface area contributed by atoms with Gasteiger partial charge in [0, 0.05) is 12.2 Å². The van der Waals surface area contributed by atoms with E-state index in [-0.39, 0.29) is 29.6 Å². The first-order valence-corrected chi connectivity index (χ1v) is 6.62. The van der Waals surface area contributed by atoms with Gasteiger partial charge in [-0.1, -0.05) is 0 Å². The van der Waals surface area contributed by atoms with E-state index in [0.717, 1.165) is 12.8 Å². The molecule has 0 radical (unpaired) electrons. The maximum Gasteiger partial charge on any atom is 0.343 e. The van der Waals surface area contributed by atoms with Crippen LogP contribution in [0.3, 0.4) is 0 Å². The number of anilines is 1. The van der Waals surface area contributed by atoms with Gasteiger partial charge in [-0.3, -0.25) is 0 Å². The molecule has 1 heterocycles. The summed E-state index contributed by atoms with van der Waals surface area (Å²) in [6, 6.07) is 0.0779. The number of esters is 1. The molecule has 0 amide bonds. The summed E-state index contributed by atoms with van der Waals surface area (Å²) >= 11 is 5.75. The third kappa shape index (κ3) is 3.54. The average Bonchev–Trinajstić information content (AvgIpc) is 2.75. The van der Waals surface area contributed by atoms with Gasteiger partial charge in [0.05, 0.1) is 12.7 Å². The summed E-state index contributed by atoms with van der Waals surface area (Å²) in [5.74, 6) is -0.127. The highest BCUT2D eigenvalue weighted by Crippen LogP contribution is 2.24. The summed E-state index contributed by atoms with van der Waals surface area (Å²) in [7, 11) is 0. The fraction of sp³-hybridized carbons (Fsp3) is 0.583. The van der Waals surface area contributed by atoms with Gasteiger partial charge in [0.2, 0.25) is 5.28 Å². The second-order valence-electron chi connectivity index (χ2n) is 4.43. The Bertz CT molecular complexity index is 470. The van der Waals surface area contributed by atoms with Gasteiger partial charge in [-0.15, -0.1) is 0 Å². The van der Waals surface area contributed by atoms with E-state index in [0.29, 0.717) is 12.2 Å². The summed E-state index contributed by atoms with van der Waals surface area (Å²) < 4.78 is 4.94. The Hall–Kier alpha value is -1.40. The van der Waals surface area contributed by atoms with Crippen LogP contribution in [0.5, 0.6) is 0 Å². The molecule has 0 aromatic carbocycles. The van der Waals surface area contributed by atoms with Gasteiger partial charge in [0.15, 0.2) is 0 Å². The SMILES string of the molecule is CCOC(=O)c1cnc(Cl)nc1NC1CCC(O)C1. The van der Waals surface area contributed by atoms with E-state index in [1.807, 2.05) is 0 Å². The second-order valence-corrected chi connectivity index (χ2v) is 4.77. The monoisotopic (exact) mass is 285 g/mol. The average molecular weight is 286 g/mol. The number of aliphatic hydroxyl groups excluding tert-OH is 1. The van der Waals surface area contributed by atoms with Gasteiger partial charge >= 0.3 is 5.97 Å². The number of hydrogen-bond donors (Lipinski definition) is 2. The van der Waals surface area contributed by atoms with Gasteiger partial charge < -0.3 is 15.2 Å². The summed E-state index contributed by atoms with van der Waals surface area (Å²) in [6.07, 6.45) is 3.24. The van der Waals surface area contributed by atoms with Crippen molar-refractivity contribution in [2.24, 2.45) is 0 Å². The van der Waals surface area contributed by atoms with Crippen LogP contribution < -0.4 is 5.32 Å². The topological polar surface area (TPSA) is 84.3 Å². The number of ether oxygens (including phenoxy) is 1. The molecule has 2 N–H and O–H groups in total. The fourth-order valence-corrected chi connectivity index (χ4v) is 2.24. The molecule has 2 unspecified atom stereocenters. The van der Waals surface area contributed by atoms with Crippen LogP contribution >= 0.6 is 11.6 Å². The first-order valence-electron chi connectivity index (χ1n) is 6.24. The van der Waals surface area contributed by atoms with Crippen molar-refractivity contribution in [3.05, 3.63) is 17.0 Å². The second kappa shape index (κ2) is 6.16. The van der Waals surface area contributed by atoms with Crippen molar-refractivity contribution in [3.8, 4) is 0 Å². The summed E-state index contributed by atoms with van der Waals surface area (Å²) in [4.78, 5) is 19.6. The zero-order chi connectivity index (χ0) is 13.8. The zero-order valence-corrected chi connectivity index (χ0v) is 11.4. The predicted octanol–water partition coefficient (Wildman–Crippen LogP) is 1.63. The molecule has 1 fully saturated rings. The lowest BCUT2D eigenvalue weighted by Gasteiger charge is -2.15. The molecule has 1 saturated carbocycles. The van der Waals surface area contributed by atoms with Gasteiger partial charge in [-0.05, 0) is 37.8 Å². The third-order valence-corrected chi connectivity index (χ3v) is 3.18. The number of nitrogens with zero attached hydrogens (tertiary/aromatic N) is 2. The fourth-order valence-electron chi connectivity index (χ4n) is 2.11. The number of nitrogens with one attached hydrogen (secondary N) is 1. The molecule has 7 heteroatoms. The van der Waals surface area contributed by atoms with Crippen LogP contribution in [0.25, 0.3) is 0 Å². The van der Waals surface area contributed by atoms with Crippen LogP contribution in [0.2, 0.25) is 5.28 Å².